The number of benzene rings is 2. The minimum absolute atomic E-state index is 0.281. The summed E-state index contributed by atoms with van der Waals surface area (Å²) < 4.78 is 0. The van der Waals surface area contributed by atoms with Crippen LogP contribution in [0, 0.1) is 11.8 Å². The zero-order chi connectivity index (χ0) is 16.1. The summed E-state index contributed by atoms with van der Waals surface area (Å²) in [4.78, 5) is 24.4. The molecule has 116 valence electrons. The predicted octanol–water partition coefficient (Wildman–Crippen LogP) is 1.58. The Labute approximate surface area is 133 Å². The highest BCUT2D eigenvalue weighted by molar-refractivity contribution is 5.89. The van der Waals surface area contributed by atoms with Crippen LogP contribution in [-0.2, 0) is 9.59 Å². The fourth-order valence-corrected chi connectivity index (χ4v) is 4.39. The first-order chi connectivity index (χ1) is 11.1. The molecule has 4 N–H and O–H groups in total. The van der Waals surface area contributed by atoms with E-state index in [0.29, 0.717) is 0 Å². The molecule has 23 heavy (non-hydrogen) atoms. The third kappa shape index (κ3) is 1.77. The highest BCUT2D eigenvalue weighted by atomic mass is 16.4. The maximum Gasteiger partial charge on any atom is 0.308 e. The summed E-state index contributed by atoms with van der Waals surface area (Å²) in [7, 11) is 0. The molecule has 5 heteroatoms. The van der Waals surface area contributed by atoms with Gasteiger partial charge in [0.1, 0.15) is 0 Å². The van der Waals surface area contributed by atoms with E-state index in [1.807, 2.05) is 48.5 Å². The number of carboxylic acid groups (broad SMARTS) is 1. The minimum atomic E-state index is -0.961. The first-order valence-corrected chi connectivity index (χ1v) is 7.56. The van der Waals surface area contributed by atoms with Crippen molar-refractivity contribution in [2.45, 2.75) is 11.8 Å². The molecule has 5 nitrogen and oxygen atoms in total. The molecule has 1 amide bonds. The summed E-state index contributed by atoms with van der Waals surface area (Å²) in [5.41, 5.74) is 6.23. The number of hydrogen-bond donors (Lipinski definition) is 3. The Hall–Kier alpha value is -2.66. The number of carbonyl (C=O) groups excluding carboxylic acids is 1. The first-order valence-electron chi connectivity index (χ1n) is 7.56. The van der Waals surface area contributed by atoms with E-state index in [9.17, 15) is 14.7 Å². The smallest absolute Gasteiger partial charge is 0.308 e. The molecular weight excluding hydrogens is 292 g/mol. The number of aliphatic carboxylic acids is 1. The topological polar surface area (TPSA) is 92.4 Å². The maximum absolute atomic E-state index is 12.4. The van der Waals surface area contributed by atoms with Crippen molar-refractivity contribution in [1.29, 1.82) is 0 Å². The van der Waals surface area contributed by atoms with Crippen LogP contribution < -0.4 is 11.3 Å². The van der Waals surface area contributed by atoms with Gasteiger partial charge < -0.3 is 5.11 Å². The molecule has 2 bridgehead atoms. The Morgan fingerprint density at radius 1 is 0.826 bits per heavy atom. The van der Waals surface area contributed by atoms with Gasteiger partial charge >= 0.3 is 5.97 Å². The summed E-state index contributed by atoms with van der Waals surface area (Å²) in [5, 5.41) is 9.81. The predicted molar refractivity (Wildman–Crippen MR) is 83.5 cm³/mol. The number of carboxylic acids is 1. The fourth-order valence-electron chi connectivity index (χ4n) is 4.39. The summed E-state index contributed by atoms with van der Waals surface area (Å²) in [6, 6.07) is 15.6. The van der Waals surface area contributed by atoms with Gasteiger partial charge in [-0.05, 0) is 22.3 Å². The molecule has 2 aromatic rings. The maximum atomic E-state index is 12.4. The number of nitrogens with one attached hydrogen (secondary N) is 1. The second-order valence-electron chi connectivity index (χ2n) is 6.11. The van der Waals surface area contributed by atoms with E-state index in [1.165, 1.54) is 0 Å². The van der Waals surface area contributed by atoms with E-state index in [2.05, 4.69) is 5.43 Å². The summed E-state index contributed by atoms with van der Waals surface area (Å²) in [6.07, 6.45) is 0. The van der Waals surface area contributed by atoms with Crippen LogP contribution in [0.15, 0.2) is 48.5 Å². The van der Waals surface area contributed by atoms with Crippen LogP contribution in [0.4, 0.5) is 0 Å². The number of nitrogens with two attached hydrogens (primary N) is 1. The normalized spacial score (nSPS) is 27.0. The Balaban J connectivity index is 2.03. The number of carbonyl (C=O) groups is 2. The minimum Gasteiger partial charge on any atom is -0.481 e. The van der Waals surface area contributed by atoms with Crippen molar-refractivity contribution < 1.29 is 14.7 Å². The number of rotatable bonds is 2. The van der Waals surface area contributed by atoms with Crippen molar-refractivity contribution in [1.82, 2.24) is 5.43 Å². The number of amides is 1. The summed E-state index contributed by atoms with van der Waals surface area (Å²) >= 11 is 0. The van der Waals surface area contributed by atoms with Gasteiger partial charge in [-0.3, -0.25) is 15.0 Å². The molecule has 0 aliphatic heterocycles. The van der Waals surface area contributed by atoms with E-state index in [-0.39, 0.29) is 11.8 Å². The standard InChI is InChI=1S/C18H16N2O3/c19-20-17(21)15-13-9-5-1-3-7-11(9)14(16(15)18(22)23)12-8-4-2-6-10(12)13/h1-8,13-16H,19H2,(H,20,21)(H,22,23)/t13?,14?,15-,16-/m0/s1. The Morgan fingerprint density at radius 3 is 1.57 bits per heavy atom. The van der Waals surface area contributed by atoms with Gasteiger partial charge in [0.25, 0.3) is 0 Å². The second kappa shape index (κ2) is 4.93. The Kier molecular flexibility index (Phi) is 2.99. The average molecular weight is 308 g/mol. The van der Waals surface area contributed by atoms with Gasteiger partial charge in [0.05, 0.1) is 11.8 Å². The van der Waals surface area contributed by atoms with Crippen molar-refractivity contribution in [2.24, 2.45) is 17.7 Å². The summed E-state index contributed by atoms with van der Waals surface area (Å²) in [6.45, 7) is 0. The molecule has 0 heterocycles. The molecule has 2 atom stereocenters. The van der Waals surface area contributed by atoms with E-state index in [1.54, 1.807) is 0 Å². The van der Waals surface area contributed by atoms with Crippen LogP contribution in [0.5, 0.6) is 0 Å². The van der Waals surface area contributed by atoms with Gasteiger partial charge in [0.2, 0.25) is 5.91 Å². The molecule has 0 aromatic heterocycles. The molecule has 0 spiro atoms. The van der Waals surface area contributed by atoms with Crippen LogP contribution in [0.1, 0.15) is 34.1 Å². The monoisotopic (exact) mass is 308 g/mol. The summed E-state index contributed by atoms with van der Waals surface area (Å²) in [5.74, 6) is 1.84. The zero-order valence-electron chi connectivity index (χ0n) is 12.3. The number of hydrogen-bond acceptors (Lipinski definition) is 3. The largest absolute Gasteiger partial charge is 0.481 e. The molecule has 5 rings (SSSR count). The lowest BCUT2D eigenvalue weighted by Crippen LogP contribution is -2.51. The van der Waals surface area contributed by atoms with E-state index < -0.39 is 23.7 Å². The molecule has 0 radical (unpaired) electrons. The van der Waals surface area contributed by atoms with Gasteiger partial charge in [-0.1, -0.05) is 48.5 Å². The first kappa shape index (κ1) is 14.0. The quantitative estimate of drug-likeness (QED) is 0.446. The molecule has 0 saturated carbocycles. The van der Waals surface area contributed by atoms with Crippen molar-refractivity contribution in [2.75, 3.05) is 0 Å². The van der Waals surface area contributed by atoms with Crippen molar-refractivity contribution in [3.8, 4) is 0 Å². The second-order valence-corrected chi connectivity index (χ2v) is 6.11. The van der Waals surface area contributed by atoms with Gasteiger partial charge in [0.15, 0.2) is 0 Å². The van der Waals surface area contributed by atoms with Gasteiger partial charge in [0, 0.05) is 11.8 Å². The van der Waals surface area contributed by atoms with Crippen molar-refractivity contribution >= 4 is 11.9 Å². The Morgan fingerprint density at radius 2 is 1.22 bits per heavy atom. The van der Waals surface area contributed by atoms with E-state index >= 15 is 0 Å². The molecular formula is C18H16N2O3. The average Bonchev–Trinajstić information content (AvgIpc) is 2.60. The van der Waals surface area contributed by atoms with Crippen LogP contribution in [0.25, 0.3) is 0 Å². The SMILES string of the molecule is NNC(=O)[C@H]1C2c3ccccc3C(c3ccccc32)[C@@H]1C(=O)O. The lowest BCUT2D eigenvalue weighted by atomic mass is 9.54. The molecule has 3 aliphatic carbocycles. The Bertz CT molecular complexity index is 770. The molecule has 0 saturated heterocycles. The van der Waals surface area contributed by atoms with Crippen LogP contribution in [-0.4, -0.2) is 17.0 Å². The third-order valence-corrected chi connectivity index (χ3v) is 5.17. The molecule has 0 unspecified atom stereocenters. The third-order valence-electron chi connectivity index (χ3n) is 5.17. The van der Waals surface area contributed by atoms with Crippen LogP contribution >= 0.6 is 0 Å². The fraction of sp³-hybridized carbons (Fsp3) is 0.222. The van der Waals surface area contributed by atoms with Gasteiger partial charge in [-0.2, -0.15) is 0 Å². The van der Waals surface area contributed by atoms with E-state index in [4.69, 9.17) is 5.84 Å². The lowest BCUT2D eigenvalue weighted by Gasteiger charge is -2.48. The lowest BCUT2D eigenvalue weighted by molar-refractivity contribution is -0.149. The molecule has 0 fully saturated rings. The number of fused-ring (bicyclic) bond motifs is 1. The van der Waals surface area contributed by atoms with Crippen molar-refractivity contribution in [3.05, 3.63) is 70.8 Å². The van der Waals surface area contributed by atoms with Crippen LogP contribution in [0.3, 0.4) is 0 Å². The highest BCUT2D eigenvalue weighted by Gasteiger charge is 2.55. The highest BCUT2D eigenvalue weighted by Crippen LogP contribution is 2.58. The molecule has 2 aromatic carbocycles. The zero-order valence-corrected chi connectivity index (χ0v) is 12.3. The van der Waals surface area contributed by atoms with E-state index in [0.717, 1.165) is 22.3 Å². The van der Waals surface area contributed by atoms with Crippen LogP contribution in [0.2, 0.25) is 0 Å². The van der Waals surface area contributed by atoms with Gasteiger partial charge in [-0.15, -0.1) is 0 Å². The number of hydrazine groups is 1. The van der Waals surface area contributed by atoms with Crippen molar-refractivity contribution in [3.63, 3.8) is 0 Å². The van der Waals surface area contributed by atoms with Gasteiger partial charge in [-0.25, -0.2) is 5.84 Å². The molecule has 3 aliphatic rings.